The molecular weight excluding hydrogens is 429 g/mol. The minimum Gasteiger partial charge on any atom is -0.494 e. The monoisotopic (exact) mass is 457 g/mol. The molecule has 2 N–H and O–H groups in total. The lowest BCUT2D eigenvalue weighted by atomic mass is 10.2. The molecule has 138 valence electrons. The number of rotatable bonds is 9. The van der Waals surface area contributed by atoms with E-state index in [-0.39, 0.29) is 24.0 Å². The van der Waals surface area contributed by atoms with Gasteiger partial charge in [0.1, 0.15) is 18.1 Å². The van der Waals surface area contributed by atoms with Gasteiger partial charge < -0.3 is 19.8 Å². The minimum atomic E-state index is 0. The number of hydrogen-bond acceptors (Lipinski definition) is 3. The van der Waals surface area contributed by atoms with Crippen LogP contribution in [0.3, 0.4) is 0 Å². The summed E-state index contributed by atoms with van der Waals surface area (Å²) < 4.78 is 11.0. The van der Waals surface area contributed by atoms with Gasteiger partial charge in [0, 0.05) is 13.1 Å². The Balaban J connectivity index is 0.00000312. The Morgan fingerprint density at radius 1 is 1.12 bits per heavy atom. The van der Waals surface area contributed by atoms with Crippen molar-refractivity contribution in [2.24, 2.45) is 4.99 Å². The molecule has 0 unspecified atom stereocenters. The molecule has 0 spiro atoms. The first-order valence-electron chi connectivity index (χ1n) is 8.52. The van der Waals surface area contributed by atoms with Crippen LogP contribution in [0.5, 0.6) is 5.75 Å². The van der Waals surface area contributed by atoms with E-state index in [0.717, 1.165) is 50.0 Å². The standard InChI is InChI=1S/C19H27N3O2.HI/c1-3-20-19(22-15-18-7-6-14-24-18)21-12-4-5-13-23-17-10-8-16(2)9-11-17;/h6-11,14H,3-5,12-13,15H2,1-2H3,(H2,20,21,22);1H. The highest BCUT2D eigenvalue weighted by Crippen LogP contribution is 2.11. The van der Waals surface area contributed by atoms with Crippen molar-refractivity contribution < 1.29 is 9.15 Å². The number of furan rings is 1. The SMILES string of the molecule is CCNC(=NCc1ccco1)NCCCCOc1ccc(C)cc1.I. The summed E-state index contributed by atoms with van der Waals surface area (Å²) in [6.45, 7) is 7.09. The molecule has 0 amide bonds. The number of hydrogen-bond donors (Lipinski definition) is 2. The van der Waals surface area contributed by atoms with Crippen LogP contribution in [0.2, 0.25) is 0 Å². The summed E-state index contributed by atoms with van der Waals surface area (Å²) >= 11 is 0. The van der Waals surface area contributed by atoms with Crippen LogP contribution in [0.1, 0.15) is 31.1 Å². The lowest BCUT2D eigenvalue weighted by Crippen LogP contribution is -2.37. The first-order valence-corrected chi connectivity index (χ1v) is 8.52. The van der Waals surface area contributed by atoms with E-state index in [2.05, 4.69) is 41.6 Å². The van der Waals surface area contributed by atoms with E-state index in [4.69, 9.17) is 9.15 Å². The van der Waals surface area contributed by atoms with Gasteiger partial charge in [-0.2, -0.15) is 0 Å². The Bertz CT molecular complexity index is 598. The summed E-state index contributed by atoms with van der Waals surface area (Å²) in [4.78, 5) is 4.50. The first kappa shape index (κ1) is 21.3. The summed E-state index contributed by atoms with van der Waals surface area (Å²) in [6.07, 6.45) is 3.69. The Morgan fingerprint density at radius 3 is 2.60 bits per heavy atom. The number of aliphatic imine (C=N–C) groups is 1. The summed E-state index contributed by atoms with van der Waals surface area (Å²) in [5.74, 6) is 2.61. The third-order valence-electron chi connectivity index (χ3n) is 3.47. The molecule has 0 fully saturated rings. The molecule has 0 aliphatic heterocycles. The fourth-order valence-corrected chi connectivity index (χ4v) is 2.16. The summed E-state index contributed by atoms with van der Waals surface area (Å²) in [6, 6.07) is 12.0. The van der Waals surface area contributed by atoms with Gasteiger partial charge >= 0.3 is 0 Å². The topological polar surface area (TPSA) is 58.8 Å². The maximum Gasteiger partial charge on any atom is 0.191 e. The van der Waals surface area contributed by atoms with Crippen LogP contribution >= 0.6 is 24.0 Å². The van der Waals surface area contributed by atoms with Crippen molar-refractivity contribution in [1.82, 2.24) is 10.6 Å². The average molecular weight is 457 g/mol. The molecule has 0 saturated carbocycles. The van der Waals surface area contributed by atoms with Crippen molar-refractivity contribution >= 4 is 29.9 Å². The van der Waals surface area contributed by atoms with Crippen LogP contribution in [0.25, 0.3) is 0 Å². The second-order valence-electron chi connectivity index (χ2n) is 5.57. The second kappa shape index (κ2) is 12.6. The fourth-order valence-electron chi connectivity index (χ4n) is 2.16. The summed E-state index contributed by atoms with van der Waals surface area (Å²) in [5, 5.41) is 6.56. The molecule has 0 aliphatic carbocycles. The Labute approximate surface area is 167 Å². The van der Waals surface area contributed by atoms with Gasteiger partial charge in [0.05, 0.1) is 12.9 Å². The highest BCUT2D eigenvalue weighted by molar-refractivity contribution is 14.0. The maximum atomic E-state index is 5.73. The lowest BCUT2D eigenvalue weighted by Gasteiger charge is -2.11. The van der Waals surface area contributed by atoms with Crippen molar-refractivity contribution in [3.63, 3.8) is 0 Å². The van der Waals surface area contributed by atoms with Gasteiger partial charge in [-0.05, 0) is 51.0 Å². The van der Waals surface area contributed by atoms with Gasteiger partial charge in [-0.3, -0.25) is 0 Å². The quantitative estimate of drug-likeness (QED) is 0.258. The number of nitrogens with zero attached hydrogens (tertiary/aromatic N) is 1. The van der Waals surface area contributed by atoms with Crippen LogP contribution in [0.4, 0.5) is 0 Å². The first-order chi connectivity index (χ1) is 11.8. The van der Waals surface area contributed by atoms with Crippen molar-refractivity contribution in [2.45, 2.75) is 33.2 Å². The predicted octanol–water partition coefficient (Wildman–Crippen LogP) is 4.12. The average Bonchev–Trinajstić information content (AvgIpc) is 3.11. The highest BCUT2D eigenvalue weighted by atomic mass is 127. The van der Waals surface area contributed by atoms with Crippen LogP contribution in [-0.4, -0.2) is 25.7 Å². The molecule has 1 heterocycles. The molecule has 5 nitrogen and oxygen atoms in total. The van der Waals surface area contributed by atoms with Crippen LogP contribution < -0.4 is 15.4 Å². The molecule has 25 heavy (non-hydrogen) atoms. The van der Waals surface area contributed by atoms with Crippen molar-refractivity contribution in [2.75, 3.05) is 19.7 Å². The van der Waals surface area contributed by atoms with Gasteiger partial charge in [0.15, 0.2) is 5.96 Å². The zero-order valence-corrected chi connectivity index (χ0v) is 17.3. The fraction of sp³-hybridized carbons (Fsp3) is 0.421. The van der Waals surface area contributed by atoms with Crippen molar-refractivity contribution in [3.05, 3.63) is 54.0 Å². The summed E-state index contributed by atoms with van der Waals surface area (Å²) in [5.41, 5.74) is 1.25. The number of guanidine groups is 1. The van der Waals surface area contributed by atoms with Gasteiger partial charge in [0.25, 0.3) is 0 Å². The normalized spacial score (nSPS) is 10.9. The van der Waals surface area contributed by atoms with Crippen molar-refractivity contribution in [3.8, 4) is 5.75 Å². The molecule has 0 atom stereocenters. The highest BCUT2D eigenvalue weighted by Gasteiger charge is 1.99. The van der Waals surface area contributed by atoms with Crippen LogP contribution in [-0.2, 0) is 6.54 Å². The molecule has 0 saturated heterocycles. The molecule has 0 aliphatic rings. The van der Waals surface area contributed by atoms with E-state index in [1.165, 1.54) is 5.56 Å². The van der Waals surface area contributed by atoms with E-state index in [0.29, 0.717) is 6.54 Å². The second-order valence-corrected chi connectivity index (χ2v) is 5.57. The zero-order chi connectivity index (χ0) is 17.0. The number of benzene rings is 1. The van der Waals surface area contributed by atoms with Gasteiger partial charge in [-0.25, -0.2) is 4.99 Å². The molecule has 6 heteroatoms. The van der Waals surface area contributed by atoms with E-state index < -0.39 is 0 Å². The predicted molar refractivity (Wildman–Crippen MR) is 113 cm³/mol. The van der Waals surface area contributed by atoms with E-state index in [1.54, 1.807) is 6.26 Å². The zero-order valence-electron chi connectivity index (χ0n) is 15.0. The third-order valence-corrected chi connectivity index (χ3v) is 3.47. The molecular formula is C19H28IN3O2. The van der Waals surface area contributed by atoms with Crippen LogP contribution in [0.15, 0.2) is 52.1 Å². The molecule has 1 aromatic heterocycles. The van der Waals surface area contributed by atoms with Crippen molar-refractivity contribution in [1.29, 1.82) is 0 Å². The van der Waals surface area contributed by atoms with Gasteiger partial charge in [-0.15, -0.1) is 24.0 Å². The van der Waals surface area contributed by atoms with E-state index in [1.807, 2.05) is 24.3 Å². The van der Waals surface area contributed by atoms with Gasteiger partial charge in [0.2, 0.25) is 0 Å². The molecule has 2 aromatic rings. The number of nitrogens with one attached hydrogen (secondary N) is 2. The number of unbranched alkanes of at least 4 members (excludes halogenated alkanes) is 1. The molecule has 0 bridgehead atoms. The van der Waals surface area contributed by atoms with E-state index in [9.17, 15) is 0 Å². The smallest absolute Gasteiger partial charge is 0.191 e. The lowest BCUT2D eigenvalue weighted by molar-refractivity contribution is 0.307. The largest absolute Gasteiger partial charge is 0.494 e. The number of ether oxygens (including phenoxy) is 1. The Kier molecular flexibility index (Phi) is 10.8. The summed E-state index contributed by atoms with van der Waals surface area (Å²) in [7, 11) is 0. The van der Waals surface area contributed by atoms with Gasteiger partial charge in [-0.1, -0.05) is 17.7 Å². The third kappa shape index (κ3) is 8.81. The van der Waals surface area contributed by atoms with Crippen LogP contribution in [0, 0.1) is 6.92 Å². The maximum absolute atomic E-state index is 5.73. The van der Waals surface area contributed by atoms with E-state index >= 15 is 0 Å². The number of aryl methyl sites for hydroxylation is 1. The minimum absolute atomic E-state index is 0. The Hall–Kier alpha value is -1.70. The molecule has 0 radical (unpaired) electrons. The Morgan fingerprint density at radius 2 is 1.92 bits per heavy atom. The molecule has 2 rings (SSSR count). The molecule has 1 aromatic carbocycles. The number of halogens is 1.